The lowest BCUT2D eigenvalue weighted by Crippen LogP contribution is -2.39. The van der Waals surface area contributed by atoms with Gasteiger partial charge in [-0.3, -0.25) is 9.10 Å². The minimum Gasteiger partial charge on any atom is -0.348 e. The molecule has 0 unspecified atom stereocenters. The van der Waals surface area contributed by atoms with Gasteiger partial charge in [-0.2, -0.15) is 0 Å². The molecular weight excluding hydrogens is 367 g/mol. The van der Waals surface area contributed by atoms with E-state index in [2.05, 4.69) is 5.32 Å². The number of nitrogens with one attached hydrogen (secondary N) is 1. The fourth-order valence-corrected chi connectivity index (χ4v) is 5.05. The normalized spacial score (nSPS) is 15.7. The summed E-state index contributed by atoms with van der Waals surface area (Å²) in [6, 6.07) is 15.9. The van der Waals surface area contributed by atoms with Crippen LogP contribution in [0.1, 0.15) is 18.5 Å². The van der Waals surface area contributed by atoms with Crippen molar-refractivity contribution in [1.29, 1.82) is 0 Å². The maximum absolute atomic E-state index is 13.0. The van der Waals surface area contributed by atoms with E-state index in [-0.39, 0.29) is 23.3 Å². The summed E-state index contributed by atoms with van der Waals surface area (Å²) in [6.45, 7) is 1.45. The zero-order valence-electron chi connectivity index (χ0n) is 14.5. The molecule has 0 aliphatic carbocycles. The van der Waals surface area contributed by atoms with Gasteiger partial charge in [0.15, 0.2) is 0 Å². The maximum Gasteiger partial charge on any atom is 0.265 e. The van der Waals surface area contributed by atoms with Crippen LogP contribution in [0, 0.1) is 5.82 Å². The highest BCUT2D eigenvalue weighted by atomic mass is 32.2. The molecule has 3 aromatic rings. The second-order valence-electron chi connectivity index (χ2n) is 6.48. The predicted molar refractivity (Wildman–Crippen MR) is 101 cm³/mol. The summed E-state index contributed by atoms with van der Waals surface area (Å²) in [4.78, 5) is 12.7. The van der Waals surface area contributed by atoms with Crippen molar-refractivity contribution in [2.45, 2.75) is 17.9 Å². The van der Waals surface area contributed by atoms with Gasteiger partial charge in [0.05, 0.1) is 16.6 Å². The molecule has 0 saturated heterocycles. The number of benzene rings is 3. The number of carbonyl (C=O) groups excluding carboxylic acids is 1. The average molecular weight is 384 g/mol. The molecule has 4 rings (SSSR count). The minimum atomic E-state index is -3.78. The zero-order chi connectivity index (χ0) is 19.2. The highest BCUT2D eigenvalue weighted by Crippen LogP contribution is 2.41. The highest BCUT2D eigenvalue weighted by Gasteiger charge is 2.36. The van der Waals surface area contributed by atoms with Crippen molar-refractivity contribution in [3.63, 3.8) is 0 Å². The first kappa shape index (κ1) is 17.5. The molecule has 1 heterocycles. The summed E-state index contributed by atoms with van der Waals surface area (Å²) in [6.07, 6.45) is 0. The van der Waals surface area contributed by atoms with E-state index in [9.17, 15) is 17.6 Å². The number of anilines is 1. The Labute approximate surface area is 156 Å². The van der Waals surface area contributed by atoms with E-state index in [1.807, 2.05) is 12.1 Å². The van der Waals surface area contributed by atoms with E-state index in [0.717, 1.165) is 15.3 Å². The molecule has 1 atom stereocenters. The maximum atomic E-state index is 13.0. The standard InChI is InChI=1S/C20H17FN2O3S/c1-13(14-8-10-16(21)11-9-14)22-19(24)12-23-17-6-2-4-15-5-3-7-18(20(15)17)27(23,25)26/h2-11,13H,12H2,1H3,(H,22,24)/t13-/m0/s1. The number of hydrogen-bond donors (Lipinski definition) is 1. The van der Waals surface area contributed by atoms with E-state index in [4.69, 9.17) is 0 Å². The molecule has 27 heavy (non-hydrogen) atoms. The van der Waals surface area contributed by atoms with Crippen LogP contribution in [-0.2, 0) is 14.8 Å². The molecule has 0 aromatic heterocycles. The molecule has 1 amide bonds. The minimum absolute atomic E-state index is 0.218. The van der Waals surface area contributed by atoms with Gasteiger partial charge < -0.3 is 5.32 Å². The Hall–Kier alpha value is -2.93. The molecule has 1 aliphatic rings. The third-order valence-corrected chi connectivity index (χ3v) is 6.52. The van der Waals surface area contributed by atoms with Crippen LogP contribution in [-0.4, -0.2) is 20.9 Å². The zero-order valence-corrected chi connectivity index (χ0v) is 15.3. The summed E-state index contributed by atoms with van der Waals surface area (Å²) in [5.41, 5.74) is 1.24. The van der Waals surface area contributed by atoms with Gasteiger partial charge in [0.2, 0.25) is 5.91 Å². The van der Waals surface area contributed by atoms with E-state index >= 15 is 0 Å². The number of sulfonamides is 1. The van der Waals surface area contributed by atoms with Gasteiger partial charge in [-0.1, -0.05) is 36.4 Å². The number of nitrogens with zero attached hydrogens (tertiary/aromatic N) is 1. The summed E-state index contributed by atoms with van der Waals surface area (Å²) in [7, 11) is -3.78. The summed E-state index contributed by atoms with van der Waals surface area (Å²) in [5, 5.41) is 4.23. The third kappa shape index (κ3) is 2.94. The van der Waals surface area contributed by atoms with Gasteiger partial charge in [-0.15, -0.1) is 0 Å². The molecule has 0 bridgehead atoms. The molecule has 138 valence electrons. The van der Waals surface area contributed by atoms with Crippen molar-refractivity contribution in [2.24, 2.45) is 0 Å². The topological polar surface area (TPSA) is 66.5 Å². The smallest absolute Gasteiger partial charge is 0.265 e. The number of amides is 1. The largest absolute Gasteiger partial charge is 0.348 e. The van der Waals surface area contributed by atoms with Crippen molar-refractivity contribution in [3.8, 4) is 0 Å². The fraction of sp³-hybridized carbons (Fsp3) is 0.150. The van der Waals surface area contributed by atoms with Crippen LogP contribution in [0.3, 0.4) is 0 Å². The molecule has 0 fully saturated rings. The lowest BCUT2D eigenvalue weighted by Gasteiger charge is -2.20. The Morgan fingerprint density at radius 2 is 1.74 bits per heavy atom. The highest BCUT2D eigenvalue weighted by molar-refractivity contribution is 7.93. The first-order valence-electron chi connectivity index (χ1n) is 8.47. The number of halogens is 1. The van der Waals surface area contributed by atoms with E-state index < -0.39 is 15.9 Å². The van der Waals surface area contributed by atoms with Crippen LogP contribution in [0.5, 0.6) is 0 Å². The molecule has 0 radical (unpaired) electrons. The quantitative estimate of drug-likeness (QED) is 0.750. The van der Waals surface area contributed by atoms with E-state index in [0.29, 0.717) is 11.1 Å². The van der Waals surface area contributed by atoms with Crippen molar-refractivity contribution < 1.29 is 17.6 Å². The van der Waals surface area contributed by atoms with Gasteiger partial charge in [-0.05, 0) is 42.1 Å². The van der Waals surface area contributed by atoms with Crippen LogP contribution < -0.4 is 9.62 Å². The Morgan fingerprint density at radius 1 is 1.07 bits per heavy atom. The summed E-state index contributed by atoms with van der Waals surface area (Å²) < 4.78 is 40.0. The second-order valence-corrected chi connectivity index (χ2v) is 8.31. The second kappa shape index (κ2) is 6.35. The van der Waals surface area contributed by atoms with E-state index in [1.165, 1.54) is 12.1 Å². The van der Waals surface area contributed by atoms with E-state index in [1.54, 1.807) is 43.3 Å². The molecule has 5 nitrogen and oxygen atoms in total. The van der Waals surface area contributed by atoms with Gasteiger partial charge in [0.1, 0.15) is 12.4 Å². The molecule has 1 N–H and O–H groups in total. The Bertz CT molecular complexity index is 1140. The molecular formula is C20H17FN2O3S. The Balaban J connectivity index is 1.59. The number of carbonyl (C=O) groups is 1. The van der Waals surface area contributed by atoms with Gasteiger partial charge in [0.25, 0.3) is 10.0 Å². The van der Waals surface area contributed by atoms with Crippen LogP contribution in [0.4, 0.5) is 10.1 Å². The predicted octanol–water partition coefficient (Wildman–Crippen LogP) is 3.37. The molecule has 0 spiro atoms. The SMILES string of the molecule is C[C@H](NC(=O)CN1c2cccc3cccc(c23)S1(=O)=O)c1ccc(F)cc1. The first-order valence-corrected chi connectivity index (χ1v) is 9.91. The summed E-state index contributed by atoms with van der Waals surface area (Å²) >= 11 is 0. The monoisotopic (exact) mass is 384 g/mol. The van der Waals surface area contributed by atoms with Gasteiger partial charge in [0, 0.05) is 5.39 Å². The third-order valence-electron chi connectivity index (χ3n) is 4.72. The lowest BCUT2D eigenvalue weighted by atomic mass is 10.1. The van der Waals surface area contributed by atoms with Crippen molar-refractivity contribution in [3.05, 3.63) is 72.0 Å². The Morgan fingerprint density at radius 3 is 2.44 bits per heavy atom. The van der Waals surface area contributed by atoms with Crippen LogP contribution >= 0.6 is 0 Å². The first-order chi connectivity index (χ1) is 12.9. The Kier molecular flexibility index (Phi) is 4.11. The number of rotatable bonds is 4. The van der Waals surface area contributed by atoms with Crippen LogP contribution in [0.15, 0.2) is 65.6 Å². The van der Waals surface area contributed by atoms with Crippen LogP contribution in [0.2, 0.25) is 0 Å². The van der Waals surface area contributed by atoms with Crippen molar-refractivity contribution >= 4 is 32.4 Å². The molecule has 1 aliphatic heterocycles. The van der Waals surface area contributed by atoms with Crippen molar-refractivity contribution in [2.75, 3.05) is 10.8 Å². The van der Waals surface area contributed by atoms with Gasteiger partial charge in [-0.25, -0.2) is 12.8 Å². The lowest BCUT2D eigenvalue weighted by molar-refractivity contribution is -0.120. The van der Waals surface area contributed by atoms with Crippen LogP contribution in [0.25, 0.3) is 10.8 Å². The fourth-order valence-electron chi connectivity index (χ4n) is 3.38. The molecule has 7 heteroatoms. The van der Waals surface area contributed by atoms with Crippen molar-refractivity contribution in [1.82, 2.24) is 5.32 Å². The van der Waals surface area contributed by atoms with Gasteiger partial charge >= 0.3 is 0 Å². The number of hydrogen-bond acceptors (Lipinski definition) is 3. The summed E-state index contributed by atoms with van der Waals surface area (Å²) in [5.74, 6) is -0.786. The molecule has 0 saturated carbocycles. The molecule has 3 aromatic carbocycles. The average Bonchev–Trinajstić information content (AvgIpc) is 2.86.